The zero-order valence-electron chi connectivity index (χ0n) is 57.3. The third-order valence-corrected chi connectivity index (χ3v) is 18.1. The predicted molar refractivity (Wildman–Crippen MR) is 354 cm³/mol. The summed E-state index contributed by atoms with van der Waals surface area (Å²) in [5.41, 5.74) is 0. The zero-order chi connectivity index (χ0) is 65.4. The van der Waals surface area contributed by atoms with Crippen LogP contribution in [0.2, 0.25) is 0 Å². The van der Waals surface area contributed by atoms with E-state index < -0.39 is 97.5 Å². The number of aliphatic hydroxyl groups is 1. The van der Waals surface area contributed by atoms with Crippen molar-refractivity contribution >= 4 is 39.5 Å². The van der Waals surface area contributed by atoms with Crippen molar-refractivity contribution in [3.8, 4) is 0 Å². The second-order valence-electron chi connectivity index (χ2n) is 26.6. The molecule has 0 saturated heterocycles. The highest BCUT2D eigenvalue weighted by Gasteiger charge is 2.30. The van der Waals surface area contributed by atoms with Crippen LogP contribution in [-0.2, 0) is 65.4 Å². The Morgan fingerprint density at radius 1 is 0.318 bits per heavy atom. The summed E-state index contributed by atoms with van der Waals surface area (Å²) in [7, 11) is -9.90. The Morgan fingerprint density at radius 3 is 0.807 bits per heavy atom. The number of rotatable bonds is 66. The number of phosphoric ester groups is 2. The van der Waals surface area contributed by atoms with Gasteiger partial charge in [-0.1, -0.05) is 287 Å². The standard InChI is InChI=1S/C69H134O17P2/c1-9-62(8)48-40-32-27-28-34-42-50-67(72)80-56-65(86-69(74)52-44-36-26-20-23-31-39-47-61(6)7)58-84-88(77,78)82-54-63(70)53-81-87(75,76)83-57-64(85-68(73)51-43-35-25-19-15-14-17-22-30-38-46-60(4)5)55-79-66(71)49-41-33-24-18-13-11-10-12-16-21-29-37-45-59(2)3/h59-65,70H,9-58H2,1-8H3,(H,75,76)(H,77,78)/t62?,63-,64-,65-/m1/s1. The number of ether oxygens (including phenoxy) is 4. The summed E-state index contributed by atoms with van der Waals surface area (Å²) in [6.07, 6.45) is 40.4. The lowest BCUT2D eigenvalue weighted by Crippen LogP contribution is -2.30. The SMILES string of the molecule is CCC(C)CCCCCCCCC(=O)OC[C@H](COP(=O)(O)OC[C@H](O)COP(=O)(O)OC[C@@H](COC(=O)CCCCCCCCCCCCCCC(C)C)OC(=O)CCCCCCCCCCCCC(C)C)OC(=O)CCCCCCCCCC(C)C. The molecule has 0 aliphatic rings. The Morgan fingerprint density at radius 2 is 0.545 bits per heavy atom. The summed E-state index contributed by atoms with van der Waals surface area (Å²) in [4.78, 5) is 72.5. The number of hydrogen-bond acceptors (Lipinski definition) is 15. The van der Waals surface area contributed by atoms with Crippen molar-refractivity contribution in [2.75, 3.05) is 39.6 Å². The van der Waals surface area contributed by atoms with E-state index in [0.717, 1.165) is 114 Å². The van der Waals surface area contributed by atoms with Gasteiger partial charge < -0.3 is 33.8 Å². The predicted octanol–water partition coefficient (Wildman–Crippen LogP) is 19.3. The average molecular weight is 1300 g/mol. The van der Waals surface area contributed by atoms with Crippen LogP contribution in [0.5, 0.6) is 0 Å². The van der Waals surface area contributed by atoms with Gasteiger partial charge >= 0.3 is 39.5 Å². The number of carbonyl (C=O) groups excluding carboxylic acids is 4. The lowest BCUT2D eigenvalue weighted by Gasteiger charge is -2.21. The molecule has 0 aromatic heterocycles. The van der Waals surface area contributed by atoms with Gasteiger partial charge in [-0.3, -0.25) is 37.3 Å². The average Bonchev–Trinajstić information content (AvgIpc) is 3.55. The molecule has 0 heterocycles. The van der Waals surface area contributed by atoms with Crippen molar-refractivity contribution in [3.63, 3.8) is 0 Å². The normalized spacial score (nSPS) is 14.6. The van der Waals surface area contributed by atoms with Gasteiger partial charge in [0.25, 0.3) is 0 Å². The second-order valence-corrected chi connectivity index (χ2v) is 29.5. The first-order chi connectivity index (χ1) is 42.1. The minimum atomic E-state index is -4.95. The maximum atomic E-state index is 13.0. The molecule has 17 nitrogen and oxygen atoms in total. The van der Waals surface area contributed by atoms with E-state index >= 15 is 0 Å². The number of carbonyl (C=O) groups is 4. The molecule has 0 aliphatic carbocycles. The van der Waals surface area contributed by atoms with Crippen LogP contribution in [0.1, 0.15) is 338 Å². The van der Waals surface area contributed by atoms with Gasteiger partial charge in [-0.05, 0) is 49.4 Å². The molecule has 0 aromatic carbocycles. The van der Waals surface area contributed by atoms with Crippen LogP contribution in [0.15, 0.2) is 0 Å². The van der Waals surface area contributed by atoms with E-state index in [4.69, 9.17) is 37.0 Å². The van der Waals surface area contributed by atoms with E-state index in [1.54, 1.807) is 0 Å². The van der Waals surface area contributed by atoms with E-state index in [9.17, 15) is 43.2 Å². The van der Waals surface area contributed by atoms with E-state index in [1.165, 1.54) is 135 Å². The van der Waals surface area contributed by atoms with Crippen LogP contribution in [0.4, 0.5) is 0 Å². The molecule has 0 aromatic rings. The highest BCUT2D eigenvalue weighted by molar-refractivity contribution is 7.47. The van der Waals surface area contributed by atoms with E-state index in [0.29, 0.717) is 31.6 Å². The first-order valence-corrected chi connectivity index (χ1v) is 38.7. The molecule has 0 spiro atoms. The molecule has 0 radical (unpaired) electrons. The van der Waals surface area contributed by atoms with Crippen molar-refractivity contribution in [1.82, 2.24) is 0 Å². The fourth-order valence-electron chi connectivity index (χ4n) is 10.3. The molecule has 0 fully saturated rings. The summed E-state index contributed by atoms with van der Waals surface area (Å²) < 4.78 is 68.2. The number of esters is 4. The van der Waals surface area contributed by atoms with Gasteiger partial charge in [-0.2, -0.15) is 0 Å². The fourth-order valence-corrected chi connectivity index (χ4v) is 11.9. The van der Waals surface area contributed by atoms with Crippen LogP contribution in [0.25, 0.3) is 0 Å². The van der Waals surface area contributed by atoms with Gasteiger partial charge in [0.1, 0.15) is 19.3 Å². The van der Waals surface area contributed by atoms with Crippen LogP contribution in [0, 0.1) is 23.7 Å². The van der Waals surface area contributed by atoms with Crippen molar-refractivity contribution in [2.24, 2.45) is 23.7 Å². The van der Waals surface area contributed by atoms with Crippen molar-refractivity contribution in [1.29, 1.82) is 0 Å². The van der Waals surface area contributed by atoms with Crippen LogP contribution >= 0.6 is 15.6 Å². The molecule has 0 rings (SSSR count). The Bertz CT molecular complexity index is 1750. The molecule has 522 valence electrons. The summed E-state index contributed by atoms with van der Waals surface area (Å²) in [6.45, 7) is 14.0. The Labute approximate surface area is 537 Å². The van der Waals surface area contributed by atoms with Gasteiger partial charge in [0.2, 0.25) is 0 Å². The third-order valence-electron chi connectivity index (χ3n) is 16.2. The summed E-state index contributed by atoms with van der Waals surface area (Å²) in [5.74, 6) is 0.827. The minimum Gasteiger partial charge on any atom is -0.462 e. The molecular formula is C69H134O17P2. The molecule has 0 saturated carbocycles. The maximum Gasteiger partial charge on any atom is 0.472 e. The molecule has 0 bridgehead atoms. The number of phosphoric acid groups is 2. The second kappa shape index (κ2) is 58.8. The fraction of sp³-hybridized carbons (Fsp3) is 0.942. The summed E-state index contributed by atoms with van der Waals surface area (Å²) in [6, 6.07) is 0. The largest absolute Gasteiger partial charge is 0.472 e. The van der Waals surface area contributed by atoms with E-state index in [2.05, 4.69) is 55.4 Å². The van der Waals surface area contributed by atoms with Crippen molar-refractivity contribution in [2.45, 2.75) is 356 Å². The number of aliphatic hydroxyl groups excluding tert-OH is 1. The molecule has 3 N–H and O–H groups in total. The van der Waals surface area contributed by atoms with Crippen molar-refractivity contribution < 1.29 is 80.2 Å². The minimum absolute atomic E-state index is 0.102. The van der Waals surface area contributed by atoms with Gasteiger partial charge in [0, 0.05) is 25.7 Å². The lowest BCUT2D eigenvalue weighted by atomic mass is 10.00. The van der Waals surface area contributed by atoms with Crippen molar-refractivity contribution in [3.05, 3.63) is 0 Å². The molecular weight excluding hydrogens is 1160 g/mol. The molecule has 19 heteroatoms. The smallest absolute Gasteiger partial charge is 0.462 e. The topological polar surface area (TPSA) is 237 Å². The molecule has 88 heavy (non-hydrogen) atoms. The number of hydrogen-bond donors (Lipinski definition) is 3. The quantitative estimate of drug-likeness (QED) is 0.0222. The summed E-state index contributed by atoms with van der Waals surface area (Å²) in [5, 5.41) is 10.6. The Balaban J connectivity index is 5.25. The monoisotopic (exact) mass is 1300 g/mol. The molecule has 3 unspecified atom stereocenters. The Kier molecular flexibility index (Phi) is 57.6. The Hall–Kier alpha value is -1.94. The van der Waals surface area contributed by atoms with Gasteiger partial charge in [-0.25, -0.2) is 9.13 Å². The molecule has 0 amide bonds. The van der Waals surface area contributed by atoms with Crippen LogP contribution < -0.4 is 0 Å². The third kappa shape index (κ3) is 61.6. The van der Waals surface area contributed by atoms with Crippen LogP contribution in [0.3, 0.4) is 0 Å². The van der Waals surface area contributed by atoms with Gasteiger partial charge in [0.05, 0.1) is 26.4 Å². The van der Waals surface area contributed by atoms with E-state index in [1.807, 2.05) is 0 Å². The molecule has 6 atom stereocenters. The lowest BCUT2D eigenvalue weighted by molar-refractivity contribution is -0.161. The molecule has 0 aliphatic heterocycles. The van der Waals surface area contributed by atoms with Crippen LogP contribution in [-0.4, -0.2) is 96.7 Å². The summed E-state index contributed by atoms with van der Waals surface area (Å²) >= 11 is 0. The zero-order valence-corrected chi connectivity index (χ0v) is 59.1. The van der Waals surface area contributed by atoms with Gasteiger partial charge in [0.15, 0.2) is 12.2 Å². The van der Waals surface area contributed by atoms with Gasteiger partial charge in [-0.15, -0.1) is 0 Å². The highest BCUT2D eigenvalue weighted by atomic mass is 31.2. The first kappa shape index (κ1) is 86.1. The highest BCUT2D eigenvalue weighted by Crippen LogP contribution is 2.45. The first-order valence-electron chi connectivity index (χ1n) is 35.7. The van der Waals surface area contributed by atoms with E-state index in [-0.39, 0.29) is 25.7 Å². The maximum absolute atomic E-state index is 13.0. The number of unbranched alkanes of at least 4 members (excludes halogenated alkanes) is 31.